The predicted molar refractivity (Wildman–Crippen MR) is 80.1 cm³/mol. The lowest BCUT2D eigenvalue weighted by Gasteiger charge is -2.09. The number of carboxylic acid groups (broad SMARTS) is 1. The van der Waals surface area contributed by atoms with E-state index >= 15 is 0 Å². The molecule has 0 bridgehead atoms. The van der Waals surface area contributed by atoms with E-state index < -0.39 is 12.1 Å². The zero-order valence-electron chi connectivity index (χ0n) is 11.0. The van der Waals surface area contributed by atoms with Gasteiger partial charge in [0.25, 0.3) is 0 Å². The molecule has 1 aromatic carbocycles. The molecule has 0 saturated carbocycles. The Morgan fingerprint density at radius 2 is 1.71 bits per heavy atom. The third-order valence-corrected chi connectivity index (χ3v) is 2.58. The molecule has 0 saturated heterocycles. The Labute approximate surface area is 131 Å². The van der Waals surface area contributed by atoms with Crippen LogP contribution in [0.4, 0.5) is 0 Å². The maximum absolute atomic E-state index is 10.4. The molecule has 0 radical (unpaired) electrons. The fourth-order valence-electron chi connectivity index (χ4n) is 1.17. The Morgan fingerprint density at radius 3 is 2.10 bits per heavy atom. The summed E-state index contributed by atoms with van der Waals surface area (Å²) in [5.74, 6) is -0.476. The van der Waals surface area contributed by atoms with Crippen LogP contribution in [0.5, 0.6) is 11.5 Å². The molecule has 2 aromatic rings. The van der Waals surface area contributed by atoms with E-state index in [0.29, 0.717) is 15.8 Å². The summed E-state index contributed by atoms with van der Waals surface area (Å²) in [6, 6.07) is 7.52. The Kier molecular flexibility index (Phi) is 6.78. The molecule has 0 amide bonds. The normalized spacial score (nSPS) is 11.0. The van der Waals surface area contributed by atoms with Gasteiger partial charge < -0.3 is 14.9 Å². The van der Waals surface area contributed by atoms with Gasteiger partial charge >= 0.3 is 5.97 Å². The van der Waals surface area contributed by atoms with Gasteiger partial charge in [-0.2, -0.15) is 0 Å². The van der Waals surface area contributed by atoms with E-state index in [0.717, 1.165) is 0 Å². The van der Waals surface area contributed by atoms with Crippen LogP contribution < -0.4 is 4.74 Å². The predicted octanol–water partition coefficient (Wildman–Crippen LogP) is 3.63. The molecule has 21 heavy (non-hydrogen) atoms. The van der Waals surface area contributed by atoms with E-state index in [1.807, 2.05) is 0 Å². The number of ether oxygens (including phenoxy) is 1. The van der Waals surface area contributed by atoms with Crippen molar-refractivity contribution in [3.05, 3.63) is 52.8 Å². The maximum Gasteiger partial charge on any atom is 0.344 e. The molecule has 1 unspecified atom stereocenters. The number of pyridine rings is 1. The molecule has 1 aromatic heterocycles. The molecule has 5 nitrogen and oxygen atoms in total. The van der Waals surface area contributed by atoms with Crippen LogP contribution in [0, 0.1) is 0 Å². The first-order valence-electron chi connectivity index (χ1n) is 5.83. The smallest absolute Gasteiger partial charge is 0.344 e. The molecule has 0 aliphatic carbocycles. The van der Waals surface area contributed by atoms with E-state index in [-0.39, 0.29) is 5.75 Å². The van der Waals surface area contributed by atoms with Gasteiger partial charge in [0.05, 0.1) is 10.0 Å². The van der Waals surface area contributed by atoms with Crippen molar-refractivity contribution >= 4 is 29.2 Å². The van der Waals surface area contributed by atoms with Crippen molar-refractivity contribution < 1.29 is 19.7 Å². The molecule has 112 valence electrons. The van der Waals surface area contributed by atoms with Gasteiger partial charge in [0.15, 0.2) is 6.10 Å². The fraction of sp³-hybridized carbons (Fsp3) is 0.143. The number of halogens is 2. The van der Waals surface area contributed by atoms with Crippen LogP contribution in [0.15, 0.2) is 42.7 Å². The lowest BCUT2D eigenvalue weighted by atomic mass is 10.3. The number of aromatic hydroxyl groups is 1. The molecule has 2 N–H and O–H groups in total. The van der Waals surface area contributed by atoms with Gasteiger partial charge in [-0.3, -0.25) is 4.98 Å². The summed E-state index contributed by atoms with van der Waals surface area (Å²) in [7, 11) is 0. The quantitative estimate of drug-likeness (QED) is 0.898. The average Bonchev–Trinajstić information content (AvgIpc) is 2.41. The minimum Gasteiger partial charge on any atom is -0.508 e. The number of hydrogen-bond acceptors (Lipinski definition) is 4. The molecule has 0 spiro atoms. The van der Waals surface area contributed by atoms with Gasteiger partial charge in [-0.05, 0) is 37.3 Å². The van der Waals surface area contributed by atoms with Gasteiger partial charge in [0, 0.05) is 12.4 Å². The van der Waals surface area contributed by atoms with Gasteiger partial charge in [0.1, 0.15) is 11.5 Å². The summed E-state index contributed by atoms with van der Waals surface area (Å²) < 4.78 is 5.02. The molecular formula is C14H13Cl2NO4. The molecule has 7 heteroatoms. The summed E-state index contributed by atoms with van der Waals surface area (Å²) >= 11 is 11.0. The highest BCUT2D eigenvalue weighted by molar-refractivity contribution is 6.34. The number of carbonyl (C=O) groups is 1. The van der Waals surface area contributed by atoms with Gasteiger partial charge in [-0.25, -0.2) is 4.79 Å². The standard InChI is InChI=1S/C9H10O4.C5H3Cl2N/c1-6(9(11)12)13-8-4-2-7(10)3-5-8;6-4-1-5(7)3-8-2-4/h2-6,10H,1H3,(H,11,12);1-3H. The van der Waals surface area contributed by atoms with E-state index in [9.17, 15) is 4.79 Å². The zero-order valence-corrected chi connectivity index (χ0v) is 12.5. The first kappa shape index (κ1) is 17.1. The van der Waals surface area contributed by atoms with Crippen molar-refractivity contribution in [1.82, 2.24) is 4.98 Å². The van der Waals surface area contributed by atoms with Gasteiger partial charge in [-0.1, -0.05) is 23.2 Å². The number of hydrogen-bond donors (Lipinski definition) is 2. The topological polar surface area (TPSA) is 79.7 Å². The summed E-state index contributed by atoms with van der Waals surface area (Å²) in [6.45, 7) is 1.44. The zero-order chi connectivity index (χ0) is 15.8. The molecule has 0 aliphatic rings. The van der Waals surface area contributed by atoms with Gasteiger partial charge in [0.2, 0.25) is 0 Å². The SMILES string of the molecule is CC(Oc1ccc(O)cc1)C(=O)O.Clc1cncc(Cl)c1. The lowest BCUT2D eigenvalue weighted by Crippen LogP contribution is -2.22. The Morgan fingerprint density at radius 1 is 1.19 bits per heavy atom. The van der Waals surface area contributed by atoms with Crippen LogP contribution in [0.2, 0.25) is 10.0 Å². The Hall–Kier alpha value is -1.98. The maximum atomic E-state index is 10.4. The van der Waals surface area contributed by atoms with Crippen LogP contribution in [-0.2, 0) is 4.79 Å². The Balaban J connectivity index is 0.000000235. The van der Waals surface area contributed by atoms with E-state index in [2.05, 4.69) is 4.98 Å². The molecule has 1 atom stereocenters. The highest BCUT2D eigenvalue weighted by Crippen LogP contribution is 2.17. The van der Waals surface area contributed by atoms with Gasteiger partial charge in [-0.15, -0.1) is 0 Å². The van der Waals surface area contributed by atoms with E-state index in [1.54, 1.807) is 6.07 Å². The van der Waals surface area contributed by atoms with Crippen molar-refractivity contribution in [2.24, 2.45) is 0 Å². The summed E-state index contributed by atoms with van der Waals surface area (Å²) in [5, 5.41) is 18.6. The lowest BCUT2D eigenvalue weighted by molar-refractivity contribution is -0.144. The van der Waals surface area contributed by atoms with Crippen LogP contribution in [0.25, 0.3) is 0 Å². The Bertz CT molecular complexity index is 573. The molecule has 0 aliphatic heterocycles. The number of nitrogens with zero attached hydrogens (tertiary/aromatic N) is 1. The van der Waals surface area contributed by atoms with Crippen LogP contribution in [0.3, 0.4) is 0 Å². The van der Waals surface area contributed by atoms with Crippen molar-refractivity contribution in [1.29, 1.82) is 0 Å². The summed E-state index contributed by atoms with van der Waals surface area (Å²) in [5.41, 5.74) is 0. The highest BCUT2D eigenvalue weighted by Gasteiger charge is 2.11. The largest absolute Gasteiger partial charge is 0.508 e. The first-order chi connectivity index (χ1) is 9.88. The van der Waals surface area contributed by atoms with Crippen molar-refractivity contribution in [3.8, 4) is 11.5 Å². The number of aromatic nitrogens is 1. The second kappa shape index (κ2) is 8.34. The average molecular weight is 330 g/mol. The second-order valence-corrected chi connectivity index (χ2v) is 4.79. The number of aliphatic carboxylic acids is 1. The minimum absolute atomic E-state index is 0.121. The first-order valence-corrected chi connectivity index (χ1v) is 6.58. The van der Waals surface area contributed by atoms with Crippen molar-refractivity contribution in [3.63, 3.8) is 0 Å². The number of rotatable bonds is 3. The molecular weight excluding hydrogens is 317 g/mol. The second-order valence-electron chi connectivity index (χ2n) is 3.91. The van der Waals surface area contributed by atoms with E-state index in [4.69, 9.17) is 38.2 Å². The third-order valence-electron chi connectivity index (χ3n) is 2.17. The number of phenols is 1. The third kappa shape index (κ3) is 6.83. The summed E-state index contributed by atoms with van der Waals surface area (Å²) in [4.78, 5) is 14.1. The van der Waals surface area contributed by atoms with Crippen molar-refractivity contribution in [2.75, 3.05) is 0 Å². The summed E-state index contributed by atoms with van der Waals surface area (Å²) in [6.07, 6.45) is 2.19. The molecule has 2 rings (SSSR count). The minimum atomic E-state index is -1.02. The molecule has 0 fully saturated rings. The monoisotopic (exact) mass is 329 g/mol. The van der Waals surface area contributed by atoms with Crippen LogP contribution in [-0.4, -0.2) is 27.3 Å². The highest BCUT2D eigenvalue weighted by atomic mass is 35.5. The van der Waals surface area contributed by atoms with E-state index in [1.165, 1.54) is 43.6 Å². The number of benzene rings is 1. The number of phenolic OH excluding ortho intramolecular Hbond substituents is 1. The number of carboxylic acids is 1. The van der Waals surface area contributed by atoms with Crippen molar-refractivity contribution in [2.45, 2.75) is 13.0 Å². The molecule has 1 heterocycles. The van der Waals surface area contributed by atoms with Crippen LogP contribution >= 0.6 is 23.2 Å². The fourth-order valence-corrected chi connectivity index (χ4v) is 1.57. The van der Waals surface area contributed by atoms with Crippen LogP contribution in [0.1, 0.15) is 6.92 Å².